The lowest BCUT2D eigenvalue weighted by atomic mass is 10.0. The van der Waals surface area contributed by atoms with E-state index in [1.54, 1.807) is 13.1 Å². The van der Waals surface area contributed by atoms with Gasteiger partial charge >= 0.3 is 0 Å². The minimum Gasteiger partial charge on any atom is -0.373 e. The third-order valence-electron chi connectivity index (χ3n) is 4.25. The Morgan fingerprint density at radius 1 is 1.42 bits per heavy atom. The van der Waals surface area contributed by atoms with Crippen LogP contribution in [0.4, 0.5) is 5.82 Å². The molecular weight excluding hydrogens is 262 g/mol. The lowest BCUT2D eigenvalue weighted by Gasteiger charge is -2.15. The van der Waals surface area contributed by atoms with Crippen LogP contribution in [0.15, 0.2) is 23.2 Å². The van der Waals surface area contributed by atoms with Crippen molar-refractivity contribution in [1.29, 1.82) is 0 Å². The Bertz CT molecular complexity index is 577. The van der Waals surface area contributed by atoms with Gasteiger partial charge in [-0.25, -0.2) is 18.1 Å². The summed E-state index contributed by atoms with van der Waals surface area (Å²) >= 11 is 0. The number of hydrogen-bond donors (Lipinski definition) is 2. The number of aromatic nitrogens is 1. The molecule has 19 heavy (non-hydrogen) atoms. The number of pyridine rings is 1. The van der Waals surface area contributed by atoms with E-state index in [9.17, 15) is 8.42 Å². The standard InChI is InChI=1S/C13H19N3O2S/c1-14-12-8-11(4-7-15-12)19(17,18)16-9-13(5-6-13)10-2-3-10/h4,7-8,10,16H,2-3,5-6,9H2,1H3,(H,14,15). The van der Waals surface area contributed by atoms with E-state index in [-0.39, 0.29) is 10.3 Å². The SMILES string of the molecule is CNc1cc(S(=O)(=O)NCC2(C3CC3)CC2)ccn1. The van der Waals surface area contributed by atoms with E-state index in [2.05, 4.69) is 15.0 Å². The fraction of sp³-hybridized carbons (Fsp3) is 0.615. The minimum atomic E-state index is -3.42. The Hall–Kier alpha value is -1.14. The second-order valence-corrected chi connectivity index (χ2v) is 7.35. The number of sulfonamides is 1. The van der Waals surface area contributed by atoms with E-state index in [1.165, 1.54) is 25.1 Å². The Morgan fingerprint density at radius 3 is 2.74 bits per heavy atom. The van der Waals surface area contributed by atoms with Crippen molar-refractivity contribution in [3.63, 3.8) is 0 Å². The highest BCUT2D eigenvalue weighted by atomic mass is 32.2. The molecule has 0 saturated heterocycles. The molecule has 104 valence electrons. The lowest BCUT2D eigenvalue weighted by molar-refractivity contribution is 0.432. The molecule has 0 aromatic carbocycles. The van der Waals surface area contributed by atoms with Gasteiger partial charge < -0.3 is 5.32 Å². The zero-order valence-electron chi connectivity index (χ0n) is 11.0. The summed E-state index contributed by atoms with van der Waals surface area (Å²) in [4.78, 5) is 4.30. The average molecular weight is 281 g/mol. The number of hydrogen-bond acceptors (Lipinski definition) is 4. The molecule has 6 heteroatoms. The van der Waals surface area contributed by atoms with Crippen LogP contribution in [0, 0.1) is 11.3 Å². The maximum Gasteiger partial charge on any atom is 0.240 e. The summed E-state index contributed by atoms with van der Waals surface area (Å²) in [7, 11) is -1.70. The maximum absolute atomic E-state index is 12.3. The molecule has 0 aliphatic heterocycles. The fourth-order valence-corrected chi connectivity index (χ4v) is 3.77. The number of anilines is 1. The summed E-state index contributed by atoms with van der Waals surface area (Å²) < 4.78 is 27.3. The zero-order valence-corrected chi connectivity index (χ0v) is 11.8. The first kappa shape index (κ1) is 12.9. The van der Waals surface area contributed by atoms with Gasteiger partial charge in [-0.15, -0.1) is 0 Å². The van der Waals surface area contributed by atoms with Crippen molar-refractivity contribution in [1.82, 2.24) is 9.71 Å². The van der Waals surface area contributed by atoms with Crippen molar-refractivity contribution in [2.24, 2.45) is 11.3 Å². The molecule has 1 aromatic heterocycles. The molecule has 0 atom stereocenters. The van der Waals surface area contributed by atoms with Crippen molar-refractivity contribution >= 4 is 15.8 Å². The average Bonchev–Trinajstić information content (AvgIpc) is 3.29. The highest BCUT2D eigenvalue weighted by Gasteiger charge is 2.53. The van der Waals surface area contributed by atoms with Gasteiger partial charge in [0.1, 0.15) is 5.82 Å². The molecule has 0 amide bonds. The Morgan fingerprint density at radius 2 is 2.16 bits per heavy atom. The van der Waals surface area contributed by atoms with E-state index < -0.39 is 10.0 Å². The molecule has 2 N–H and O–H groups in total. The molecule has 0 unspecified atom stereocenters. The van der Waals surface area contributed by atoms with Gasteiger partial charge in [0.15, 0.2) is 0 Å². The van der Waals surface area contributed by atoms with Gasteiger partial charge in [-0.3, -0.25) is 0 Å². The predicted octanol–water partition coefficient (Wildman–Crippen LogP) is 1.59. The second-order valence-electron chi connectivity index (χ2n) is 5.59. The van der Waals surface area contributed by atoms with Crippen LogP contribution in [-0.4, -0.2) is 27.0 Å². The van der Waals surface area contributed by atoms with Crippen molar-refractivity contribution in [2.45, 2.75) is 30.6 Å². The number of rotatable bonds is 6. The molecular formula is C13H19N3O2S. The number of nitrogens with zero attached hydrogens (tertiary/aromatic N) is 1. The van der Waals surface area contributed by atoms with Gasteiger partial charge in [0.25, 0.3) is 0 Å². The third kappa shape index (κ3) is 2.60. The fourth-order valence-electron chi connectivity index (χ4n) is 2.62. The molecule has 2 fully saturated rings. The van der Waals surface area contributed by atoms with Crippen LogP contribution >= 0.6 is 0 Å². The topological polar surface area (TPSA) is 71.1 Å². The van der Waals surface area contributed by atoms with Crippen LogP contribution in [0.2, 0.25) is 0 Å². The smallest absolute Gasteiger partial charge is 0.240 e. The monoisotopic (exact) mass is 281 g/mol. The molecule has 2 saturated carbocycles. The molecule has 3 rings (SSSR count). The van der Waals surface area contributed by atoms with E-state index in [4.69, 9.17) is 0 Å². The predicted molar refractivity (Wildman–Crippen MR) is 73.4 cm³/mol. The molecule has 0 radical (unpaired) electrons. The van der Waals surface area contributed by atoms with Crippen LogP contribution < -0.4 is 10.0 Å². The summed E-state index contributed by atoms with van der Waals surface area (Å²) in [6.45, 7) is 0.581. The first-order valence-electron chi connectivity index (χ1n) is 6.69. The highest BCUT2D eigenvalue weighted by molar-refractivity contribution is 7.89. The van der Waals surface area contributed by atoms with E-state index in [0.717, 1.165) is 18.8 Å². The zero-order chi connectivity index (χ0) is 13.5. The summed E-state index contributed by atoms with van der Waals surface area (Å²) in [5.74, 6) is 1.31. The largest absolute Gasteiger partial charge is 0.373 e. The maximum atomic E-state index is 12.3. The Kier molecular flexibility index (Phi) is 3.02. The van der Waals surface area contributed by atoms with Crippen molar-refractivity contribution in [3.8, 4) is 0 Å². The van der Waals surface area contributed by atoms with Crippen LogP contribution in [0.5, 0.6) is 0 Å². The molecule has 0 spiro atoms. The lowest BCUT2D eigenvalue weighted by Crippen LogP contribution is -2.31. The highest BCUT2D eigenvalue weighted by Crippen LogP contribution is 2.60. The summed E-state index contributed by atoms with van der Waals surface area (Å²) in [5.41, 5.74) is 0.270. The molecule has 5 nitrogen and oxygen atoms in total. The summed E-state index contributed by atoms with van der Waals surface area (Å²) in [5, 5.41) is 2.85. The normalized spacial score (nSPS) is 21.1. The molecule has 1 heterocycles. The second kappa shape index (κ2) is 4.45. The van der Waals surface area contributed by atoms with Crippen LogP contribution in [0.1, 0.15) is 25.7 Å². The number of nitrogens with one attached hydrogen (secondary N) is 2. The van der Waals surface area contributed by atoms with Gasteiger partial charge in [0, 0.05) is 25.9 Å². The minimum absolute atomic E-state index is 0.270. The van der Waals surface area contributed by atoms with Gasteiger partial charge in [-0.2, -0.15) is 0 Å². The molecule has 1 aromatic rings. The van der Waals surface area contributed by atoms with Crippen LogP contribution in [0.3, 0.4) is 0 Å². The van der Waals surface area contributed by atoms with Crippen molar-refractivity contribution < 1.29 is 8.42 Å². The van der Waals surface area contributed by atoms with Gasteiger partial charge in [-0.1, -0.05) is 0 Å². The van der Waals surface area contributed by atoms with E-state index >= 15 is 0 Å². The van der Waals surface area contributed by atoms with Crippen LogP contribution in [-0.2, 0) is 10.0 Å². The van der Waals surface area contributed by atoms with E-state index in [0.29, 0.717) is 12.4 Å². The van der Waals surface area contributed by atoms with Gasteiger partial charge in [0.2, 0.25) is 10.0 Å². The van der Waals surface area contributed by atoms with E-state index in [1.807, 2.05) is 0 Å². The summed E-state index contributed by atoms with van der Waals surface area (Å²) in [6, 6.07) is 3.08. The van der Waals surface area contributed by atoms with Gasteiger partial charge in [0.05, 0.1) is 4.90 Å². The Balaban J connectivity index is 1.71. The van der Waals surface area contributed by atoms with Gasteiger partial charge in [-0.05, 0) is 43.1 Å². The summed E-state index contributed by atoms with van der Waals surface area (Å²) in [6.07, 6.45) is 6.37. The van der Waals surface area contributed by atoms with Crippen molar-refractivity contribution in [2.75, 3.05) is 18.9 Å². The molecule has 2 aliphatic carbocycles. The molecule has 2 aliphatic rings. The first-order valence-corrected chi connectivity index (χ1v) is 8.18. The Labute approximate surface area is 113 Å². The van der Waals surface area contributed by atoms with Crippen LogP contribution in [0.25, 0.3) is 0 Å². The quantitative estimate of drug-likeness (QED) is 0.830. The third-order valence-corrected chi connectivity index (χ3v) is 5.65. The first-order chi connectivity index (χ1) is 9.06. The molecule has 0 bridgehead atoms. The van der Waals surface area contributed by atoms with Crippen molar-refractivity contribution in [3.05, 3.63) is 18.3 Å².